The van der Waals surface area contributed by atoms with Gasteiger partial charge in [0.25, 0.3) is 11.8 Å². The molecule has 0 spiro atoms. The molecular formula is C24H18FN5O2. The van der Waals surface area contributed by atoms with Gasteiger partial charge in [-0.05, 0) is 61.0 Å². The van der Waals surface area contributed by atoms with Gasteiger partial charge in [-0.25, -0.2) is 9.37 Å². The fraction of sp³-hybridized carbons (Fsp3) is 0.0833. The van der Waals surface area contributed by atoms with Crippen LogP contribution in [-0.4, -0.2) is 26.0 Å². The van der Waals surface area contributed by atoms with Gasteiger partial charge in [-0.1, -0.05) is 23.4 Å². The number of amides is 1. The summed E-state index contributed by atoms with van der Waals surface area (Å²) in [6.07, 6.45) is 0.356. The first-order chi connectivity index (χ1) is 15.5. The van der Waals surface area contributed by atoms with E-state index in [4.69, 9.17) is 4.52 Å². The first kappa shape index (κ1) is 19.6. The Balaban J connectivity index is 1.31. The number of hydrogen-bond donors (Lipinski definition) is 2. The Bertz CT molecular complexity index is 1420. The van der Waals surface area contributed by atoms with Crippen molar-refractivity contribution < 1.29 is 13.7 Å². The molecule has 0 saturated heterocycles. The quantitative estimate of drug-likeness (QED) is 0.416. The zero-order valence-electron chi connectivity index (χ0n) is 17.1. The summed E-state index contributed by atoms with van der Waals surface area (Å²) < 4.78 is 19.1. The topological polar surface area (TPSA) is 96.7 Å². The van der Waals surface area contributed by atoms with Crippen molar-refractivity contribution in [1.29, 1.82) is 0 Å². The summed E-state index contributed by atoms with van der Waals surface area (Å²) in [5.74, 6) is 1.10. The number of carbonyl (C=O) groups excluding carboxylic acids is 1. The van der Waals surface area contributed by atoms with E-state index in [-0.39, 0.29) is 11.7 Å². The molecule has 0 radical (unpaired) electrons. The predicted octanol–water partition coefficient (Wildman–Crippen LogP) is 4.90. The van der Waals surface area contributed by atoms with E-state index >= 15 is 0 Å². The van der Waals surface area contributed by atoms with Gasteiger partial charge in [-0.3, -0.25) is 4.79 Å². The molecule has 3 aromatic carbocycles. The molecule has 2 heterocycles. The number of aryl methyl sites for hydroxylation is 1. The smallest absolute Gasteiger partial charge is 0.257 e. The highest BCUT2D eigenvalue weighted by Crippen LogP contribution is 2.21. The lowest BCUT2D eigenvalue weighted by molar-refractivity contribution is 0.102. The van der Waals surface area contributed by atoms with Gasteiger partial charge in [0.15, 0.2) is 5.82 Å². The predicted molar refractivity (Wildman–Crippen MR) is 118 cm³/mol. The minimum Gasteiger partial charge on any atom is -0.342 e. The van der Waals surface area contributed by atoms with Crippen LogP contribution in [0.3, 0.4) is 0 Å². The molecule has 8 heteroatoms. The third kappa shape index (κ3) is 3.98. The van der Waals surface area contributed by atoms with E-state index in [1.165, 1.54) is 6.07 Å². The van der Waals surface area contributed by atoms with Gasteiger partial charge in [0.1, 0.15) is 11.6 Å². The minimum absolute atomic E-state index is 0.247. The van der Waals surface area contributed by atoms with Crippen LogP contribution in [-0.2, 0) is 6.42 Å². The molecular weight excluding hydrogens is 409 g/mol. The van der Waals surface area contributed by atoms with Gasteiger partial charge < -0.3 is 14.8 Å². The second-order valence-corrected chi connectivity index (χ2v) is 7.36. The molecule has 5 rings (SSSR count). The molecule has 5 aromatic rings. The van der Waals surface area contributed by atoms with Gasteiger partial charge >= 0.3 is 0 Å². The summed E-state index contributed by atoms with van der Waals surface area (Å²) in [7, 11) is 0. The van der Waals surface area contributed by atoms with Crippen LogP contribution in [0.5, 0.6) is 0 Å². The molecule has 0 fully saturated rings. The third-order valence-electron chi connectivity index (χ3n) is 5.03. The maximum atomic E-state index is 13.9. The Morgan fingerprint density at radius 3 is 2.62 bits per heavy atom. The summed E-state index contributed by atoms with van der Waals surface area (Å²) >= 11 is 0. The van der Waals surface area contributed by atoms with Gasteiger partial charge in [0.05, 0.1) is 11.0 Å². The summed E-state index contributed by atoms with van der Waals surface area (Å²) in [5, 5.41) is 6.65. The normalized spacial score (nSPS) is 11.1. The molecule has 1 amide bonds. The fourth-order valence-electron chi connectivity index (χ4n) is 3.43. The average Bonchev–Trinajstić information content (AvgIpc) is 3.41. The van der Waals surface area contributed by atoms with Crippen LogP contribution in [0.2, 0.25) is 0 Å². The Morgan fingerprint density at radius 2 is 1.88 bits per heavy atom. The van der Waals surface area contributed by atoms with Crippen molar-refractivity contribution in [1.82, 2.24) is 20.1 Å². The van der Waals surface area contributed by atoms with Gasteiger partial charge in [0, 0.05) is 23.2 Å². The van der Waals surface area contributed by atoms with E-state index in [1.807, 2.05) is 6.07 Å². The standard InChI is InChI=1S/C24H18FN5O2/c1-14-26-24(32-30-14)16-8-6-15(7-9-16)23(31)27-18-10-11-20-21(13-18)29-22(28-20)12-17-4-2-3-5-19(17)25/h2-11,13H,12H2,1H3,(H,27,31)(H,28,29). The van der Waals surface area contributed by atoms with E-state index < -0.39 is 0 Å². The molecule has 0 atom stereocenters. The van der Waals surface area contributed by atoms with E-state index in [1.54, 1.807) is 61.5 Å². The number of carbonyl (C=O) groups is 1. The average molecular weight is 427 g/mol. The zero-order valence-corrected chi connectivity index (χ0v) is 17.1. The van der Waals surface area contributed by atoms with E-state index in [0.29, 0.717) is 40.8 Å². The number of imidazole rings is 1. The molecule has 0 aliphatic heterocycles. The number of hydrogen-bond acceptors (Lipinski definition) is 5. The van der Waals surface area contributed by atoms with Crippen molar-refractivity contribution in [3.05, 3.63) is 95.3 Å². The SMILES string of the molecule is Cc1noc(-c2ccc(C(=O)Nc3ccc4nc(Cc5ccccc5F)[nH]c4c3)cc2)n1. The highest BCUT2D eigenvalue weighted by atomic mass is 19.1. The van der Waals surface area contributed by atoms with Gasteiger partial charge in [0.2, 0.25) is 0 Å². The molecule has 7 nitrogen and oxygen atoms in total. The van der Waals surface area contributed by atoms with Crippen molar-refractivity contribution in [2.45, 2.75) is 13.3 Å². The van der Waals surface area contributed by atoms with Crippen molar-refractivity contribution >= 4 is 22.6 Å². The Morgan fingerprint density at radius 1 is 1.06 bits per heavy atom. The van der Waals surface area contributed by atoms with Crippen LogP contribution in [0.1, 0.15) is 27.6 Å². The number of halogens is 1. The first-order valence-electron chi connectivity index (χ1n) is 9.99. The van der Waals surface area contributed by atoms with Gasteiger partial charge in [-0.15, -0.1) is 0 Å². The van der Waals surface area contributed by atoms with E-state index in [0.717, 1.165) is 16.6 Å². The molecule has 158 valence electrons. The maximum Gasteiger partial charge on any atom is 0.257 e. The lowest BCUT2D eigenvalue weighted by Gasteiger charge is -2.05. The molecule has 2 N–H and O–H groups in total. The zero-order chi connectivity index (χ0) is 22.1. The third-order valence-corrected chi connectivity index (χ3v) is 5.03. The molecule has 32 heavy (non-hydrogen) atoms. The number of nitrogens with one attached hydrogen (secondary N) is 2. The van der Waals surface area contributed by atoms with Crippen LogP contribution in [0, 0.1) is 12.7 Å². The molecule has 0 saturated carbocycles. The monoisotopic (exact) mass is 427 g/mol. The fourth-order valence-corrected chi connectivity index (χ4v) is 3.43. The Hall–Kier alpha value is -4.33. The summed E-state index contributed by atoms with van der Waals surface area (Å²) in [6, 6.07) is 18.9. The number of nitrogens with zero attached hydrogens (tertiary/aromatic N) is 3. The molecule has 0 aliphatic rings. The van der Waals surface area contributed by atoms with Crippen molar-refractivity contribution in [2.24, 2.45) is 0 Å². The van der Waals surface area contributed by atoms with Crippen molar-refractivity contribution in [3.8, 4) is 11.5 Å². The lowest BCUT2D eigenvalue weighted by Crippen LogP contribution is -2.11. The second kappa shape index (κ2) is 8.07. The van der Waals surface area contributed by atoms with E-state index in [9.17, 15) is 9.18 Å². The number of fused-ring (bicyclic) bond motifs is 1. The first-order valence-corrected chi connectivity index (χ1v) is 9.99. The molecule has 0 unspecified atom stereocenters. The minimum atomic E-state index is -0.263. The molecule has 2 aromatic heterocycles. The highest BCUT2D eigenvalue weighted by Gasteiger charge is 2.11. The number of H-pyrrole nitrogens is 1. The van der Waals surface area contributed by atoms with E-state index in [2.05, 4.69) is 25.4 Å². The molecule has 0 aliphatic carbocycles. The number of aromatic amines is 1. The van der Waals surface area contributed by atoms with Crippen LogP contribution < -0.4 is 5.32 Å². The summed E-state index contributed by atoms with van der Waals surface area (Å²) in [4.78, 5) is 24.5. The Kier molecular flexibility index (Phi) is 4.95. The highest BCUT2D eigenvalue weighted by molar-refractivity contribution is 6.05. The second-order valence-electron chi connectivity index (χ2n) is 7.36. The largest absolute Gasteiger partial charge is 0.342 e. The number of aromatic nitrogens is 4. The van der Waals surface area contributed by atoms with Gasteiger partial charge in [-0.2, -0.15) is 4.98 Å². The van der Waals surface area contributed by atoms with Crippen molar-refractivity contribution in [3.63, 3.8) is 0 Å². The summed E-state index contributed by atoms with van der Waals surface area (Å²) in [6.45, 7) is 1.74. The number of rotatable bonds is 5. The number of anilines is 1. The number of benzene rings is 3. The van der Waals surface area contributed by atoms with Crippen LogP contribution in [0.25, 0.3) is 22.5 Å². The van der Waals surface area contributed by atoms with Crippen LogP contribution in [0.15, 0.2) is 71.3 Å². The molecule has 0 bridgehead atoms. The lowest BCUT2D eigenvalue weighted by atomic mass is 10.1. The maximum absolute atomic E-state index is 13.9. The Labute approximate surface area is 182 Å². The summed E-state index contributed by atoms with van der Waals surface area (Å²) in [5.41, 5.74) is 3.93. The van der Waals surface area contributed by atoms with Crippen LogP contribution in [0.4, 0.5) is 10.1 Å². The van der Waals surface area contributed by atoms with Crippen molar-refractivity contribution in [2.75, 3.05) is 5.32 Å². The van der Waals surface area contributed by atoms with Crippen LogP contribution >= 0.6 is 0 Å².